The van der Waals surface area contributed by atoms with E-state index in [1.54, 1.807) is 29.5 Å². The summed E-state index contributed by atoms with van der Waals surface area (Å²) in [5.74, 6) is 0.600. The van der Waals surface area contributed by atoms with Crippen molar-refractivity contribution < 1.29 is 9.94 Å². The van der Waals surface area contributed by atoms with Crippen molar-refractivity contribution in [2.24, 2.45) is 10.9 Å². The topological polar surface area (TPSA) is 67.8 Å². The molecule has 1 aromatic heterocycles. The maximum atomic E-state index is 8.61. The quantitative estimate of drug-likeness (QED) is 0.376. The van der Waals surface area contributed by atoms with Crippen LogP contribution in [-0.2, 0) is 6.61 Å². The minimum absolute atomic E-state index is 0.0289. The van der Waals surface area contributed by atoms with Crippen molar-refractivity contribution in [2.45, 2.75) is 6.61 Å². The Hall–Kier alpha value is -1.24. The molecule has 0 saturated heterocycles. The maximum Gasteiger partial charge on any atom is 0.171 e. The third-order valence-electron chi connectivity index (χ3n) is 2.33. The molecular weight excluding hydrogens is 352 g/mol. The highest BCUT2D eigenvalue weighted by Crippen LogP contribution is 2.25. The van der Waals surface area contributed by atoms with E-state index >= 15 is 0 Å². The zero-order valence-corrected chi connectivity index (χ0v) is 12.8. The molecule has 19 heavy (non-hydrogen) atoms. The first-order chi connectivity index (χ1) is 9.10. The number of nitrogens with zero attached hydrogens (tertiary/aromatic N) is 1. The second kappa shape index (κ2) is 6.27. The fraction of sp³-hybridized carbons (Fsp3) is 0.0833. The lowest BCUT2D eigenvalue weighted by Crippen LogP contribution is -2.13. The normalized spacial score (nSPS) is 11.6. The van der Waals surface area contributed by atoms with E-state index in [4.69, 9.17) is 27.3 Å². The number of benzene rings is 1. The Kier molecular flexibility index (Phi) is 4.68. The molecule has 1 heterocycles. The van der Waals surface area contributed by atoms with Gasteiger partial charge in [0, 0.05) is 20.3 Å². The molecule has 0 fully saturated rings. The van der Waals surface area contributed by atoms with Gasteiger partial charge in [0.2, 0.25) is 0 Å². The highest BCUT2D eigenvalue weighted by Gasteiger charge is 2.07. The third-order valence-corrected chi connectivity index (χ3v) is 4.31. The number of thiophene rings is 1. The smallest absolute Gasteiger partial charge is 0.171 e. The molecule has 0 aliphatic heterocycles. The Morgan fingerprint density at radius 2 is 2.26 bits per heavy atom. The molecule has 3 N–H and O–H groups in total. The van der Waals surface area contributed by atoms with E-state index in [1.165, 1.54) is 0 Å². The molecule has 0 unspecified atom stereocenters. The van der Waals surface area contributed by atoms with Gasteiger partial charge < -0.3 is 15.7 Å². The fourth-order valence-corrected chi connectivity index (χ4v) is 3.06. The summed E-state index contributed by atoms with van der Waals surface area (Å²) in [4.78, 5) is 1.10. The summed E-state index contributed by atoms with van der Waals surface area (Å²) in [6, 6.07) is 7.01. The first-order valence-electron chi connectivity index (χ1n) is 5.23. The zero-order valence-electron chi connectivity index (χ0n) is 9.64. The van der Waals surface area contributed by atoms with Gasteiger partial charge >= 0.3 is 0 Å². The summed E-state index contributed by atoms with van der Waals surface area (Å²) in [6.07, 6.45) is 0. The average molecular weight is 362 g/mol. The molecule has 0 bridgehead atoms. The molecule has 1 aromatic carbocycles. The molecule has 2 rings (SSSR count). The van der Waals surface area contributed by atoms with Gasteiger partial charge in [0.15, 0.2) is 5.84 Å². The molecule has 0 spiro atoms. The molecular formula is C12H10BrClN2O2S. The van der Waals surface area contributed by atoms with Gasteiger partial charge in [-0.15, -0.1) is 11.3 Å². The van der Waals surface area contributed by atoms with E-state index in [1.807, 2.05) is 11.4 Å². The van der Waals surface area contributed by atoms with Crippen LogP contribution in [0.25, 0.3) is 0 Å². The molecule has 2 aromatic rings. The fourth-order valence-electron chi connectivity index (χ4n) is 1.43. The Morgan fingerprint density at radius 3 is 2.84 bits per heavy atom. The van der Waals surface area contributed by atoms with Crippen molar-refractivity contribution in [1.29, 1.82) is 0 Å². The average Bonchev–Trinajstić information content (AvgIpc) is 2.81. The van der Waals surface area contributed by atoms with Crippen LogP contribution >= 0.6 is 38.9 Å². The predicted molar refractivity (Wildman–Crippen MR) is 80.3 cm³/mol. The number of amidine groups is 1. The van der Waals surface area contributed by atoms with Gasteiger partial charge in [-0.3, -0.25) is 0 Å². The van der Waals surface area contributed by atoms with Gasteiger partial charge in [0.1, 0.15) is 12.4 Å². The van der Waals surface area contributed by atoms with E-state index in [0.29, 0.717) is 22.9 Å². The Bertz CT molecular complexity index is 616. The van der Waals surface area contributed by atoms with Crippen LogP contribution in [0.1, 0.15) is 10.4 Å². The molecule has 0 radical (unpaired) electrons. The van der Waals surface area contributed by atoms with Crippen molar-refractivity contribution in [3.05, 3.63) is 49.6 Å². The number of oxime groups is 1. The molecule has 0 saturated carbocycles. The number of hydrogen-bond acceptors (Lipinski definition) is 4. The Labute approximate surface area is 127 Å². The lowest BCUT2D eigenvalue weighted by atomic mass is 10.2. The SMILES string of the molecule is N/C(=N/O)c1ccc(OCc2cc(Br)cs2)cc1Cl. The van der Waals surface area contributed by atoms with E-state index in [-0.39, 0.29) is 5.84 Å². The lowest BCUT2D eigenvalue weighted by Gasteiger charge is -2.07. The van der Waals surface area contributed by atoms with Crippen LogP contribution in [0.3, 0.4) is 0 Å². The molecule has 0 amide bonds. The van der Waals surface area contributed by atoms with E-state index in [2.05, 4.69) is 21.1 Å². The number of rotatable bonds is 4. The van der Waals surface area contributed by atoms with Crippen molar-refractivity contribution in [2.75, 3.05) is 0 Å². The monoisotopic (exact) mass is 360 g/mol. The van der Waals surface area contributed by atoms with Crippen molar-refractivity contribution in [3.63, 3.8) is 0 Å². The summed E-state index contributed by atoms with van der Waals surface area (Å²) in [7, 11) is 0. The van der Waals surface area contributed by atoms with Gasteiger partial charge in [0.05, 0.1) is 5.02 Å². The predicted octanol–water partition coefficient (Wildman–Crippen LogP) is 3.84. The van der Waals surface area contributed by atoms with E-state index in [0.717, 1.165) is 9.35 Å². The van der Waals surface area contributed by atoms with Gasteiger partial charge in [-0.25, -0.2) is 0 Å². The van der Waals surface area contributed by atoms with Crippen LogP contribution in [0.5, 0.6) is 5.75 Å². The van der Waals surface area contributed by atoms with Crippen molar-refractivity contribution in [1.82, 2.24) is 0 Å². The number of nitrogens with two attached hydrogens (primary N) is 1. The van der Waals surface area contributed by atoms with Gasteiger partial charge in [-0.05, 0) is 40.2 Å². The molecule has 100 valence electrons. The first-order valence-corrected chi connectivity index (χ1v) is 7.28. The van der Waals surface area contributed by atoms with Crippen LogP contribution in [0, 0.1) is 0 Å². The van der Waals surface area contributed by atoms with E-state index in [9.17, 15) is 0 Å². The molecule has 4 nitrogen and oxygen atoms in total. The van der Waals surface area contributed by atoms with Crippen LogP contribution in [0.2, 0.25) is 5.02 Å². The second-order valence-corrected chi connectivity index (χ2v) is 5.97. The Balaban J connectivity index is 2.08. The number of hydrogen-bond donors (Lipinski definition) is 2. The molecule has 0 aliphatic carbocycles. The van der Waals surface area contributed by atoms with Crippen molar-refractivity contribution in [3.8, 4) is 5.75 Å². The van der Waals surface area contributed by atoms with Gasteiger partial charge in [-0.2, -0.15) is 0 Å². The highest BCUT2D eigenvalue weighted by atomic mass is 79.9. The minimum Gasteiger partial charge on any atom is -0.488 e. The minimum atomic E-state index is -0.0289. The summed E-state index contributed by atoms with van der Waals surface area (Å²) in [5.41, 5.74) is 5.95. The standard InChI is InChI=1S/C12H10BrClN2O2S/c13-7-3-9(19-6-7)5-18-8-1-2-10(11(14)4-8)12(15)16-17/h1-4,6,17H,5H2,(H2,15,16). The Morgan fingerprint density at radius 1 is 1.47 bits per heavy atom. The van der Waals surface area contributed by atoms with Gasteiger partial charge in [0.25, 0.3) is 0 Å². The maximum absolute atomic E-state index is 8.61. The van der Waals surface area contributed by atoms with Gasteiger partial charge in [-0.1, -0.05) is 16.8 Å². The number of halogens is 2. The largest absolute Gasteiger partial charge is 0.488 e. The highest BCUT2D eigenvalue weighted by molar-refractivity contribution is 9.10. The summed E-state index contributed by atoms with van der Waals surface area (Å²) in [6.45, 7) is 0.468. The summed E-state index contributed by atoms with van der Waals surface area (Å²) >= 11 is 11.0. The lowest BCUT2D eigenvalue weighted by molar-refractivity contribution is 0.309. The second-order valence-electron chi connectivity index (χ2n) is 3.65. The van der Waals surface area contributed by atoms with Crippen molar-refractivity contribution >= 4 is 44.7 Å². The summed E-state index contributed by atoms with van der Waals surface area (Å²) in [5, 5.41) is 13.9. The first kappa shape index (κ1) is 14.2. The zero-order chi connectivity index (χ0) is 13.8. The molecule has 0 atom stereocenters. The summed E-state index contributed by atoms with van der Waals surface area (Å²) < 4.78 is 6.65. The molecule has 7 heteroatoms. The third kappa shape index (κ3) is 3.62. The molecule has 0 aliphatic rings. The van der Waals surface area contributed by atoms with Crippen LogP contribution < -0.4 is 10.5 Å². The van der Waals surface area contributed by atoms with E-state index < -0.39 is 0 Å². The van der Waals surface area contributed by atoms with Crippen LogP contribution in [0.4, 0.5) is 0 Å². The van der Waals surface area contributed by atoms with Crippen LogP contribution in [0.15, 0.2) is 39.3 Å². The van der Waals surface area contributed by atoms with Crippen LogP contribution in [-0.4, -0.2) is 11.0 Å². The number of ether oxygens (including phenoxy) is 1.